The molecule has 64 valence electrons. The molecule has 0 aromatic heterocycles. The molecule has 0 aromatic carbocycles. The zero-order valence-electron chi connectivity index (χ0n) is 7.51. The van der Waals surface area contributed by atoms with Crippen molar-refractivity contribution in [3.63, 3.8) is 0 Å². The van der Waals surface area contributed by atoms with Crippen molar-refractivity contribution in [3.05, 3.63) is 12.2 Å². The van der Waals surface area contributed by atoms with E-state index in [1.54, 1.807) is 0 Å². The number of hydrogen-bond acceptors (Lipinski definition) is 1. The minimum Gasteiger partial charge on any atom is -0.393 e. The van der Waals surface area contributed by atoms with Gasteiger partial charge in [-0.05, 0) is 38.0 Å². The van der Waals surface area contributed by atoms with E-state index in [0.29, 0.717) is 11.8 Å². The van der Waals surface area contributed by atoms with E-state index in [2.05, 4.69) is 20.4 Å². The predicted octanol–water partition coefficient (Wildman–Crippen LogP) is 2.36. The highest BCUT2D eigenvalue weighted by Gasteiger charge is 2.25. The maximum absolute atomic E-state index is 9.56. The normalized spacial score (nSPS) is 38.6. The monoisotopic (exact) mass is 154 g/mol. The van der Waals surface area contributed by atoms with Gasteiger partial charge in [-0.25, -0.2) is 0 Å². The summed E-state index contributed by atoms with van der Waals surface area (Å²) in [7, 11) is 0. The van der Waals surface area contributed by atoms with Crippen LogP contribution >= 0.6 is 0 Å². The Morgan fingerprint density at radius 3 is 2.55 bits per heavy atom. The average Bonchev–Trinajstić information content (AvgIpc) is 1.94. The molecule has 0 aromatic rings. The molecule has 3 atom stereocenters. The van der Waals surface area contributed by atoms with E-state index in [-0.39, 0.29) is 6.10 Å². The largest absolute Gasteiger partial charge is 0.393 e. The van der Waals surface area contributed by atoms with Gasteiger partial charge in [-0.15, -0.1) is 0 Å². The van der Waals surface area contributed by atoms with Crippen molar-refractivity contribution in [1.29, 1.82) is 0 Å². The van der Waals surface area contributed by atoms with Crippen molar-refractivity contribution in [2.24, 2.45) is 11.8 Å². The Morgan fingerprint density at radius 2 is 2.09 bits per heavy atom. The van der Waals surface area contributed by atoms with Crippen LogP contribution in [0.4, 0.5) is 0 Å². The van der Waals surface area contributed by atoms with Gasteiger partial charge in [-0.3, -0.25) is 0 Å². The number of aliphatic hydroxyl groups excluding tert-OH is 1. The molecule has 0 spiro atoms. The van der Waals surface area contributed by atoms with E-state index in [0.717, 1.165) is 12.8 Å². The van der Waals surface area contributed by atoms with Crippen LogP contribution in [0.15, 0.2) is 12.2 Å². The highest BCUT2D eigenvalue weighted by atomic mass is 16.3. The molecule has 1 saturated carbocycles. The number of allylic oxidation sites excluding steroid dienone is 1. The molecule has 1 fully saturated rings. The molecule has 0 amide bonds. The lowest BCUT2D eigenvalue weighted by molar-refractivity contribution is 0.0614. The van der Waals surface area contributed by atoms with E-state index >= 15 is 0 Å². The maximum atomic E-state index is 9.56. The summed E-state index contributed by atoms with van der Waals surface area (Å²) >= 11 is 0. The first kappa shape index (κ1) is 8.79. The van der Waals surface area contributed by atoms with Crippen LogP contribution in [0.1, 0.15) is 33.1 Å². The quantitative estimate of drug-likeness (QED) is 0.575. The van der Waals surface area contributed by atoms with E-state index in [4.69, 9.17) is 0 Å². The first-order chi connectivity index (χ1) is 5.11. The number of rotatable bonds is 1. The number of aliphatic hydroxyl groups is 1. The second-order valence-corrected chi connectivity index (χ2v) is 3.90. The zero-order chi connectivity index (χ0) is 8.43. The molecule has 1 heteroatoms. The fourth-order valence-electron chi connectivity index (χ4n) is 1.75. The lowest BCUT2D eigenvalue weighted by Crippen LogP contribution is -2.27. The van der Waals surface area contributed by atoms with Gasteiger partial charge >= 0.3 is 0 Å². The minimum absolute atomic E-state index is 0.0922. The summed E-state index contributed by atoms with van der Waals surface area (Å²) in [5.74, 6) is 1.06. The van der Waals surface area contributed by atoms with Crippen LogP contribution in [0.2, 0.25) is 0 Å². The summed E-state index contributed by atoms with van der Waals surface area (Å²) in [6.45, 7) is 8.11. The Balaban J connectivity index is 2.46. The van der Waals surface area contributed by atoms with Crippen LogP contribution in [-0.4, -0.2) is 11.2 Å². The second-order valence-electron chi connectivity index (χ2n) is 3.90. The molecule has 1 rings (SSSR count). The summed E-state index contributed by atoms with van der Waals surface area (Å²) < 4.78 is 0. The maximum Gasteiger partial charge on any atom is 0.0571 e. The van der Waals surface area contributed by atoms with Crippen molar-refractivity contribution in [2.45, 2.75) is 39.2 Å². The molecule has 1 aliphatic carbocycles. The highest BCUT2D eigenvalue weighted by Crippen LogP contribution is 2.32. The third kappa shape index (κ3) is 2.06. The van der Waals surface area contributed by atoms with Gasteiger partial charge in [0.1, 0.15) is 0 Å². The summed E-state index contributed by atoms with van der Waals surface area (Å²) in [6, 6.07) is 0. The number of hydrogen-bond donors (Lipinski definition) is 1. The smallest absolute Gasteiger partial charge is 0.0571 e. The Labute approximate surface area is 69.1 Å². The van der Waals surface area contributed by atoms with Crippen molar-refractivity contribution >= 4 is 0 Å². The Bertz CT molecular complexity index is 151. The molecular weight excluding hydrogens is 136 g/mol. The van der Waals surface area contributed by atoms with Crippen LogP contribution < -0.4 is 0 Å². The minimum atomic E-state index is -0.0922. The summed E-state index contributed by atoms with van der Waals surface area (Å²) in [6.07, 6.45) is 3.20. The van der Waals surface area contributed by atoms with E-state index in [1.807, 2.05) is 0 Å². The third-order valence-electron chi connectivity index (χ3n) is 2.85. The highest BCUT2D eigenvalue weighted by molar-refractivity contribution is 4.99. The summed E-state index contributed by atoms with van der Waals surface area (Å²) in [4.78, 5) is 0. The molecule has 0 radical (unpaired) electrons. The van der Waals surface area contributed by atoms with Gasteiger partial charge in [0.25, 0.3) is 0 Å². The van der Waals surface area contributed by atoms with Gasteiger partial charge in [-0.1, -0.05) is 19.1 Å². The third-order valence-corrected chi connectivity index (χ3v) is 2.85. The van der Waals surface area contributed by atoms with Crippen molar-refractivity contribution in [1.82, 2.24) is 0 Å². The molecule has 0 unspecified atom stereocenters. The average molecular weight is 154 g/mol. The molecular formula is C10H18O. The van der Waals surface area contributed by atoms with Crippen LogP contribution in [0.5, 0.6) is 0 Å². The Kier molecular flexibility index (Phi) is 2.72. The predicted molar refractivity (Wildman–Crippen MR) is 47.3 cm³/mol. The first-order valence-electron chi connectivity index (χ1n) is 4.44. The molecule has 1 aliphatic rings. The first-order valence-corrected chi connectivity index (χ1v) is 4.44. The molecule has 11 heavy (non-hydrogen) atoms. The van der Waals surface area contributed by atoms with Gasteiger partial charge < -0.3 is 5.11 Å². The molecule has 0 bridgehead atoms. The fraction of sp³-hybridized carbons (Fsp3) is 0.800. The lowest BCUT2D eigenvalue weighted by Gasteiger charge is -2.31. The van der Waals surface area contributed by atoms with Gasteiger partial charge in [0, 0.05) is 0 Å². The van der Waals surface area contributed by atoms with Gasteiger partial charge in [0.05, 0.1) is 6.10 Å². The molecule has 1 N–H and O–H groups in total. The second kappa shape index (κ2) is 3.40. The van der Waals surface area contributed by atoms with Crippen molar-refractivity contribution in [2.75, 3.05) is 0 Å². The van der Waals surface area contributed by atoms with Crippen molar-refractivity contribution < 1.29 is 5.11 Å². The molecule has 1 nitrogen and oxygen atoms in total. The summed E-state index contributed by atoms with van der Waals surface area (Å²) in [5.41, 5.74) is 1.23. The van der Waals surface area contributed by atoms with E-state index in [9.17, 15) is 5.11 Å². The molecule has 0 heterocycles. The van der Waals surface area contributed by atoms with Crippen LogP contribution in [0.3, 0.4) is 0 Å². The lowest BCUT2D eigenvalue weighted by atomic mass is 9.78. The zero-order valence-corrected chi connectivity index (χ0v) is 7.51. The van der Waals surface area contributed by atoms with E-state index < -0.39 is 0 Å². The fourth-order valence-corrected chi connectivity index (χ4v) is 1.75. The van der Waals surface area contributed by atoms with Crippen molar-refractivity contribution in [3.8, 4) is 0 Å². The Morgan fingerprint density at radius 1 is 1.45 bits per heavy atom. The standard InChI is InChI=1S/C10H18O/c1-7(2)9-5-4-8(3)10(11)6-9/h8-11H,1,4-6H2,2-3H3/t8-,9+,10+/m1/s1. The Hall–Kier alpha value is -0.300. The molecule has 0 saturated heterocycles. The SMILES string of the molecule is C=C(C)[C@H]1CC[C@@H](C)[C@@H](O)C1. The van der Waals surface area contributed by atoms with Gasteiger partial charge in [-0.2, -0.15) is 0 Å². The van der Waals surface area contributed by atoms with Crippen LogP contribution in [-0.2, 0) is 0 Å². The topological polar surface area (TPSA) is 20.2 Å². The summed E-state index contributed by atoms with van der Waals surface area (Å²) in [5, 5.41) is 9.56. The van der Waals surface area contributed by atoms with Gasteiger partial charge in [0.2, 0.25) is 0 Å². The van der Waals surface area contributed by atoms with Crippen LogP contribution in [0, 0.1) is 11.8 Å². The van der Waals surface area contributed by atoms with E-state index in [1.165, 1.54) is 12.0 Å². The van der Waals surface area contributed by atoms with Gasteiger partial charge in [0.15, 0.2) is 0 Å². The van der Waals surface area contributed by atoms with Crippen LogP contribution in [0.25, 0.3) is 0 Å². The molecule has 0 aliphatic heterocycles.